The largest absolute Gasteiger partial charge is 0.507 e. The highest BCUT2D eigenvalue weighted by atomic mass is 35.5. The van der Waals surface area contributed by atoms with Gasteiger partial charge in [0, 0.05) is 41.5 Å². The topological polar surface area (TPSA) is 56.1 Å². The van der Waals surface area contributed by atoms with Crippen LogP contribution in [-0.2, 0) is 17.4 Å². The van der Waals surface area contributed by atoms with Gasteiger partial charge in [0.2, 0.25) is 0 Å². The summed E-state index contributed by atoms with van der Waals surface area (Å²) in [6.45, 7) is 13.2. The number of nitrogens with zero attached hydrogens (tertiary/aromatic N) is 2. The van der Waals surface area contributed by atoms with Crippen molar-refractivity contribution in [3.05, 3.63) is 80.8 Å². The first kappa shape index (κ1) is 26.9. The zero-order chi connectivity index (χ0) is 26.1. The second-order valence-electron chi connectivity index (χ2n) is 11.0. The molecule has 0 atom stereocenters. The summed E-state index contributed by atoms with van der Waals surface area (Å²) >= 11 is 12.2. The van der Waals surface area contributed by atoms with Gasteiger partial charge in [-0.05, 0) is 46.7 Å². The van der Waals surface area contributed by atoms with Gasteiger partial charge < -0.3 is 15.1 Å². The predicted octanol–water partition coefficient (Wildman–Crippen LogP) is 8.39. The number of halogens is 2. The molecule has 3 aromatic rings. The van der Waals surface area contributed by atoms with Crippen LogP contribution in [0.1, 0.15) is 63.8 Å². The molecule has 0 aliphatic carbocycles. The van der Waals surface area contributed by atoms with Crippen LogP contribution >= 0.6 is 23.2 Å². The van der Waals surface area contributed by atoms with Crippen molar-refractivity contribution in [2.24, 2.45) is 4.99 Å². The van der Waals surface area contributed by atoms with E-state index in [-0.39, 0.29) is 27.4 Å². The van der Waals surface area contributed by atoms with Gasteiger partial charge in [-0.1, -0.05) is 82.9 Å². The van der Waals surface area contributed by atoms with Crippen molar-refractivity contribution in [2.45, 2.75) is 58.9 Å². The molecule has 0 heterocycles. The van der Waals surface area contributed by atoms with Crippen LogP contribution < -0.4 is 4.90 Å². The molecule has 0 saturated carbocycles. The first-order valence-corrected chi connectivity index (χ1v) is 12.3. The normalized spacial score (nSPS) is 12.4. The molecule has 35 heavy (non-hydrogen) atoms. The highest BCUT2D eigenvalue weighted by Crippen LogP contribution is 2.38. The average Bonchev–Trinajstić information content (AvgIpc) is 2.75. The molecule has 0 aliphatic heterocycles. The summed E-state index contributed by atoms with van der Waals surface area (Å²) in [6, 6.07) is 15.1. The number of aromatic hydroxyl groups is 2. The van der Waals surface area contributed by atoms with Crippen LogP contribution in [0.2, 0.25) is 10.0 Å². The maximum atomic E-state index is 11.1. The van der Waals surface area contributed by atoms with E-state index in [4.69, 9.17) is 28.2 Å². The third-order valence-electron chi connectivity index (χ3n) is 5.96. The van der Waals surface area contributed by atoms with Crippen molar-refractivity contribution in [3.8, 4) is 11.5 Å². The van der Waals surface area contributed by atoms with Crippen LogP contribution in [0.4, 0.5) is 11.4 Å². The van der Waals surface area contributed by atoms with Crippen molar-refractivity contribution < 1.29 is 10.2 Å². The monoisotopic (exact) mass is 512 g/mol. The van der Waals surface area contributed by atoms with Crippen LogP contribution in [0, 0.1) is 0 Å². The van der Waals surface area contributed by atoms with Crippen molar-refractivity contribution in [3.63, 3.8) is 0 Å². The lowest BCUT2D eigenvalue weighted by Gasteiger charge is -2.27. The number of hydrogen-bond acceptors (Lipinski definition) is 4. The van der Waals surface area contributed by atoms with Crippen LogP contribution in [0.15, 0.2) is 53.5 Å². The third-order valence-corrected chi connectivity index (χ3v) is 6.47. The summed E-state index contributed by atoms with van der Waals surface area (Å²) in [5.41, 5.74) is 4.64. The van der Waals surface area contributed by atoms with E-state index in [2.05, 4.69) is 47.6 Å². The number of phenols is 2. The summed E-state index contributed by atoms with van der Waals surface area (Å²) in [5, 5.41) is 22.2. The lowest BCUT2D eigenvalue weighted by atomic mass is 9.79. The Labute approximate surface area is 218 Å². The van der Waals surface area contributed by atoms with E-state index in [0.717, 1.165) is 22.5 Å². The molecule has 4 nitrogen and oxygen atoms in total. The molecule has 0 aromatic heterocycles. The van der Waals surface area contributed by atoms with Crippen molar-refractivity contribution in [2.75, 3.05) is 11.9 Å². The van der Waals surface area contributed by atoms with Gasteiger partial charge in [-0.3, -0.25) is 4.99 Å². The molecule has 186 valence electrons. The molecule has 3 rings (SSSR count). The van der Waals surface area contributed by atoms with Gasteiger partial charge in [-0.25, -0.2) is 0 Å². The molecule has 3 aromatic carbocycles. The minimum absolute atomic E-state index is 0.0162. The Hall–Kier alpha value is -2.69. The second-order valence-corrected chi connectivity index (χ2v) is 11.8. The van der Waals surface area contributed by atoms with Gasteiger partial charge in [0.1, 0.15) is 11.5 Å². The second kappa shape index (κ2) is 10.1. The summed E-state index contributed by atoms with van der Waals surface area (Å²) < 4.78 is 0. The minimum Gasteiger partial charge on any atom is -0.507 e. The summed E-state index contributed by atoms with van der Waals surface area (Å²) in [5.74, 6) is 0.265. The number of hydrogen-bond donors (Lipinski definition) is 2. The van der Waals surface area contributed by atoms with Crippen LogP contribution in [0.5, 0.6) is 11.5 Å². The van der Waals surface area contributed by atoms with Gasteiger partial charge >= 0.3 is 0 Å². The van der Waals surface area contributed by atoms with Crippen molar-refractivity contribution in [1.29, 1.82) is 0 Å². The van der Waals surface area contributed by atoms with Crippen molar-refractivity contribution in [1.82, 2.24) is 0 Å². The zero-order valence-corrected chi connectivity index (χ0v) is 23.0. The van der Waals surface area contributed by atoms with E-state index in [1.807, 2.05) is 42.3 Å². The third kappa shape index (κ3) is 6.31. The van der Waals surface area contributed by atoms with E-state index in [9.17, 15) is 10.2 Å². The molecule has 0 bridgehead atoms. The first-order chi connectivity index (χ1) is 16.2. The Bertz CT molecular complexity index is 1250. The fourth-order valence-electron chi connectivity index (χ4n) is 3.88. The summed E-state index contributed by atoms with van der Waals surface area (Å²) in [4.78, 5) is 6.74. The fourth-order valence-corrected chi connectivity index (χ4v) is 4.41. The van der Waals surface area contributed by atoms with E-state index >= 15 is 0 Å². The van der Waals surface area contributed by atoms with Crippen LogP contribution in [0.25, 0.3) is 0 Å². The number of phenolic OH excluding ortho intramolecular Hbond substituents is 2. The maximum Gasteiger partial charge on any atom is 0.139 e. The predicted molar refractivity (Wildman–Crippen MR) is 149 cm³/mol. The lowest BCUT2D eigenvalue weighted by molar-refractivity contribution is 0.444. The summed E-state index contributed by atoms with van der Waals surface area (Å²) in [6.07, 6.45) is 1.72. The molecular formula is C29H34Cl2N2O2. The smallest absolute Gasteiger partial charge is 0.139 e. The molecule has 2 N–H and O–H groups in total. The molecule has 6 heteroatoms. The van der Waals surface area contributed by atoms with E-state index in [0.29, 0.717) is 22.7 Å². The van der Waals surface area contributed by atoms with Crippen LogP contribution in [0.3, 0.4) is 0 Å². The molecule has 0 fully saturated rings. The maximum absolute atomic E-state index is 11.1. The highest BCUT2D eigenvalue weighted by Gasteiger charge is 2.24. The molecule has 0 spiro atoms. The SMILES string of the molecule is CN(Cc1cc(Cl)cc(Cl)c1O)c1ccccc1/N=C/c1cc(C(C)(C)C)cc(C(C)(C)C)c1O. The first-order valence-electron chi connectivity index (χ1n) is 11.6. The average molecular weight is 514 g/mol. The van der Waals surface area contributed by atoms with Gasteiger partial charge in [-0.2, -0.15) is 0 Å². The van der Waals surface area contributed by atoms with Gasteiger partial charge in [0.05, 0.1) is 16.4 Å². The summed E-state index contributed by atoms with van der Waals surface area (Å²) in [7, 11) is 1.91. The lowest BCUT2D eigenvalue weighted by Crippen LogP contribution is -2.17. The molecular weight excluding hydrogens is 479 g/mol. The fraction of sp³-hybridized carbons (Fsp3) is 0.345. The zero-order valence-electron chi connectivity index (χ0n) is 21.4. The number of rotatable bonds is 5. The standard InChI is InChI=1S/C29H34Cl2N2O2/c1-28(2,3)20-12-18(26(34)22(14-20)29(4,5)6)16-32-24-10-8-9-11-25(24)33(7)17-19-13-21(30)15-23(31)27(19)35/h8-16,34-35H,17H2,1-7H3/b32-16+. The van der Waals surface area contributed by atoms with E-state index < -0.39 is 0 Å². The van der Waals surface area contributed by atoms with E-state index in [1.165, 1.54) is 6.07 Å². The van der Waals surface area contributed by atoms with E-state index in [1.54, 1.807) is 12.3 Å². The Morgan fingerprint density at radius 3 is 2.17 bits per heavy atom. The highest BCUT2D eigenvalue weighted by molar-refractivity contribution is 6.35. The molecule has 0 radical (unpaired) electrons. The molecule has 0 unspecified atom stereocenters. The Morgan fingerprint density at radius 1 is 0.886 bits per heavy atom. The van der Waals surface area contributed by atoms with Gasteiger partial charge in [0.15, 0.2) is 0 Å². The number of anilines is 1. The number of aliphatic imine (C=N–C) groups is 1. The van der Waals surface area contributed by atoms with Gasteiger partial charge in [0.25, 0.3) is 0 Å². The minimum atomic E-state index is -0.216. The Morgan fingerprint density at radius 2 is 1.54 bits per heavy atom. The quantitative estimate of drug-likeness (QED) is 0.337. The molecule has 0 aliphatic rings. The number of benzene rings is 3. The molecule has 0 amide bonds. The van der Waals surface area contributed by atoms with Crippen molar-refractivity contribution >= 4 is 40.8 Å². The Kier molecular flexibility index (Phi) is 7.78. The number of para-hydroxylation sites is 2. The van der Waals surface area contributed by atoms with Gasteiger partial charge in [-0.15, -0.1) is 0 Å². The Balaban J connectivity index is 2.01. The molecule has 0 saturated heterocycles. The van der Waals surface area contributed by atoms with Crippen LogP contribution in [-0.4, -0.2) is 23.5 Å².